The van der Waals surface area contributed by atoms with Crippen LogP contribution in [0.15, 0.2) is 15.5 Å². The van der Waals surface area contributed by atoms with Gasteiger partial charge in [-0.1, -0.05) is 0 Å². The molecular formula is C12H14BrNO4. The Balaban J connectivity index is 2.77. The molecule has 1 aromatic heterocycles. The van der Waals surface area contributed by atoms with Crippen molar-refractivity contribution in [3.8, 4) is 5.75 Å². The number of nitrogens with zero attached hydrogens (tertiary/aromatic N) is 1. The van der Waals surface area contributed by atoms with Gasteiger partial charge in [-0.25, -0.2) is 0 Å². The zero-order chi connectivity index (χ0) is 13.7. The molecule has 1 atom stereocenters. The van der Waals surface area contributed by atoms with Crippen LogP contribution < -0.4 is 10.2 Å². The molecule has 0 fully saturated rings. The fourth-order valence-electron chi connectivity index (χ4n) is 2.04. The lowest BCUT2D eigenvalue weighted by Gasteiger charge is -2.36. The van der Waals surface area contributed by atoms with Gasteiger partial charge < -0.3 is 14.4 Å². The Hall–Kier alpha value is -1.14. The van der Waals surface area contributed by atoms with Crippen molar-refractivity contribution < 1.29 is 14.6 Å². The number of aliphatic hydroxyl groups excluding tert-OH is 1. The number of ether oxygens (including phenoxy) is 1. The number of pyridine rings is 1. The summed E-state index contributed by atoms with van der Waals surface area (Å²) in [7, 11) is 1.36. The molecule has 98 valence electrons. The predicted molar refractivity (Wildman–Crippen MR) is 69.1 cm³/mol. The normalized spacial score (nSPS) is 21.6. The van der Waals surface area contributed by atoms with Gasteiger partial charge in [-0.15, -0.1) is 0 Å². The quantitative estimate of drug-likeness (QED) is 0.845. The third-order valence-corrected chi connectivity index (χ3v) is 3.97. The van der Waals surface area contributed by atoms with E-state index in [1.54, 1.807) is 18.4 Å². The zero-order valence-electron chi connectivity index (χ0n) is 10.4. The molecule has 5 nitrogen and oxygen atoms in total. The van der Waals surface area contributed by atoms with E-state index in [-0.39, 0.29) is 29.2 Å². The van der Waals surface area contributed by atoms with Crippen LogP contribution in [0.25, 0.3) is 0 Å². The van der Waals surface area contributed by atoms with E-state index in [2.05, 4.69) is 15.9 Å². The first-order valence-electron chi connectivity index (χ1n) is 5.50. The maximum atomic E-state index is 12.4. The van der Waals surface area contributed by atoms with Crippen LogP contribution in [-0.4, -0.2) is 28.7 Å². The first-order chi connectivity index (χ1) is 8.30. The van der Waals surface area contributed by atoms with Crippen molar-refractivity contribution in [2.75, 3.05) is 7.11 Å². The van der Waals surface area contributed by atoms with Gasteiger partial charge in [0.05, 0.1) is 23.1 Å². The van der Waals surface area contributed by atoms with Crippen molar-refractivity contribution in [1.29, 1.82) is 0 Å². The molecule has 2 rings (SSSR count). The molecule has 0 spiro atoms. The van der Waals surface area contributed by atoms with E-state index in [0.717, 1.165) is 0 Å². The maximum absolute atomic E-state index is 12.4. The number of Topliss-reactive ketones (excluding diaryl/α,β-unsaturated/α-hetero) is 1. The van der Waals surface area contributed by atoms with Gasteiger partial charge in [-0.3, -0.25) is 9.59 Å². The molecule has 6 heteroatoms. The van der Waals surface area contributed by atoms with Crippen molar-refractivity contribution in [3.63, 3.8) is 0 Å². The number of hydrogen-bond donors (Lipinski definition) is 1. The second-order valence-corrected chi connectivity index (χ2v) is 5.76. The lowest BCUT2D eigenvalue weighted by atomic mass is 9.77. The fourth-order valence-corrected chi connectivity index (χ4v) is 2.47. The van der Waals surface area contributed by atoms with Gasteiger partial charge in [0.2, 0.25) is 5.43 Å². The van der Waals surface area contributed by atoms with Crippen LogP contribution in [0.1, 0.15) is 24.3 Å². The number of ketones is 1. The molecule has 0 saturated heterocycles. The molecule has 0 unspecified atom stereocenters. The number of halogens is 1. The first-order valence-corrected chi connectivity index (χ1v) is 6.29. The van der Waals surface area contributed by atoms with Crippen LogP contribution in [0.2, 0.25) is 0 Å². The van der Waals surface area contributed by atoms with Crippen LogP contribution in [0.3, 0.4) is 0 Å². The molecule has 1 aliphatic rings. The average Bonchev–Trinajstić information content (AvgIpc) is 2.30. The zero-order valence-corrected chi connectivity index (χ0v) is 11.9. The second kappa shape index (κ2) is 4.20. The number of fused-ring (bicyclic) bond motifs is 1. The third kappa shape index (κ3) is 1.71. The number of carbonyl (C=O) groups excluding carboxylic acids is 1. The van der Waals surface area contributed by atoms with Gasteiger partial charge in [0.1, 0.15) is 5.69 Å². The minimum absolute atomic E-state index is 0.0225. The summed E-state index contributed by atoms with van der Waals surface area (Å²) in [4.78, 5) is 24.3. The van der Waals surface area contributed by atoms with Gasteiger partial charge in [-0.2, -0.15) is 0 Å². The van der Waals surface area contributed by atoms with Crippen molar-refractivity contribution >= 4 is 21.7 Å². The summed E-state index contributed by atoms with van der Waals surface area (Å²) in [6.07, 6.45) is 0.716. The van der Waals surface area contributed by atoms with Crippen LogP contribution in [-0.2, 0) is 6.54 Å². The molecule has 0 radical (unpaired) electrons. The van der Waals surface area contributed by atoms with Gasteiger partial charge >= 0.3 is 0 Å². The highest BCUT2D eigenvalue weighted by Crippen LogP contribution is 2.35. The summed E-state index contributed by atoms with van der Waals surface area (Å²) in [6, 6.07) is 0. The topological polar surface area (TPSA) is 68.5 Å². The molecule has 0 aromatic carbocycles. The maximum Gasteiger partial charge on any atom is 0.238 e. The van der Waals surface area contributed by atoms with Gasteiger partial charge in [-0.05, 0) is 29.8 Å². The SMILES string of the molecule is COc1c2n(cc(Br)c1=O)C[C@H](O)C(C)(C)C2=O. The Kier molecular flexibility index (Phi) is 3.11. The van der Waals surface area contributed by atoms with E-state index in [4.69, 9.17) is 4.74 Å². The lowest BCUT2D eigenvalue weighted by Crippen LogP contribution is -2.46. The fraction of sp³-hybridized carbons (Fsp3) is 0.500. The lowest BCUT2D eigenvalue weighted by molar-refractivity contribution is 0.0206. The summed E-state index contributed by atoms with van der Waals surface area (Å²) in [5.41, 5.74) is -1.06. The van der Waals surface area contributed by atoms with E-state index in [0.29, 0.717) is 4.47 Å². The number of methoxy groups -OCH3 is 1. The number of carbonyl (C=O) groups is 1. The molecule has 1 N–H and O–H groups in total. The highest BCUT2D eigenvalue weighted by molar-refractivity contribution is 9.10. The highest BCUT2D eigenvalue weighted by atomic mass is 79.9. The molecule has 0 saturated carbocycles. The van der Waals surface area contributed by atoms with E-state index in [1.165, 1.54) is 13.3 Å². The van der Waals surface area contributed by atoms with Crippen LogP contribution in [0.4, 0.5) is 0 Å². The van der Waals surface area contributed by atoms with Gasteiger partial charge in [0.25, 0.3) is 0 Å². The Bertz CT molecular complexity index is 576. The first kappa shape index (κ1) is 13.3. The summed E-state index contributed by atoms with van der Waals surface area (Å²) >= 11 is 3.13. The van der Waals surface area contributed by atoms with Crippen LogP contribution in [0.5, 0.6) is 5.75 Å². The van der Waals surface area contributed by atoms with Crippen LogP contribution in [0, 0.1) is 5.41 Å². The van der Waals surface area contributed by atoms with Gasteiger partial charge in [0, 0.05) is 12.7 Å². The number of hydrogen-bond acceptors (Lipinski definition) is 4. The molecule has 1 aliphatic heterocycles. The highest BCUT2D eigenvalue weighted by Gasteiger charge is 2.43. The summed E-state index contributed by atoms with van der Waals surface area (Å²) in [5.74, 6) is -0.267. The Labute approximate surface area is 113 Å². The number of aliphatic hydroxyl groups is 1. The average molecular weight is 316 g/mol. The van der Waals surface area contributed by atoms with Crippen LogP contribution >= 0.6 is 15.9 Å². The van der Waals surface area contributed by atoms with E-state index in [1.807, 2.05) is 0 Å². The molecule has 0 bridgehead atoms. The summed E-state index contributed by atoms with van der Waals surface area (Å²) in [6.45, 7) is 3.58. The molecule has 1 aromatic rings. The third-order valence-electron chi connectivity index (χ3n) is 3.40. The smallest absolute Gasteiger partial charge is 0.238 e. The second-order valence-electron chi connectivity index (χ2n) is 4.91. The Morgan fingerprint density at radius 3 is 2.67 bits per heavy atom. The van der Waals surface area contributed by atoms with Crippen molar-refractivity contribution in [1.82, 2.24) is 4.57 Å². The van der Waals surface area contributed by atoms with E-state index in [9.17, 15) is 14.7 Å². The number of rotatable bonds is 1. The van der Waals surface area contributed by atoms with E-state index >= 15 is 0 Å². The minimum Gasteiger partial charge on any atom is -0.491 e. The Morgan fingerprint density at radius 2 is 2.11 bits per heavy atom. The van der Waals surface area contributed by atoms with Gasteiger partial charge in [0.15, 0.2) is 11.5 Å². The molecular weight excluding hydrogens is 302 g/mol. The Morgan fingerprint density at radius 1 is 1.50 bits per heavy atom. The van der Waals surface area contributed by atoms with Crippen molar-refractivity contribution in [3.05, 3.63) is 26.6 Å². The molecule has 18 heavy (non-hydrogen) atoms. The van der Waals surface area contributed by atoms with E-state index < -0.39 is 11.5 Å². The van der Waals surface area contributed by atoms with Crippen molar-refractivity contribution in [2.24, 2.45) is 5.41 Å². The molecule has 0 aliphatic carbocycles. The molecule has 0 amide bonds. The summed E-state index contributed by atoms with van der Waals surface area (Å²) in [5, 5.41) is 10.0. The minimum atomic E-state index is -0.923. The number of aromatic nitrogens is 1. The van der Waals surface area contributed by atoms with Crippen molar-refractivity contribution in [2.45, 2.75) is 26.5 Å². The monoisotopic (exact) mass is 315 g/mol. The molecule has 2 heterocycles. The summed E-state index contributed by atoms with van der Waals surface area (Å²) < 4.78 is 6.92. The predicted octanol–water partition coefficient (Wildman–Crippen LogP) is 1.20. The largest absolute Gasteiger partial charge is 0.491 e. The standard InChI is InChI=1S/C12H14BrNO4/c1-12(2)7(15)5-14-4-6(13)9(16)10(18-3)8(14)11(12)17/h4,7,15H,5H2,1-3H3/t7-/m0/s1.